The van der Waals surface area contributed by atoms with E-state index < -0.39 is 0 Å². The molecule has 0 fully saturated rings. The zero-order valence-electron chi connectivity index (χ0n) is 9.57. The van der Waals surface area contributed by atoms with Crippen molar-refractivity contribution < 1.29 is 0 Å². The van der Waals surface area contributed by atoms with Crippen molar-refractivity contribution in [2.24, 2.45) is 5.73 Å². The summed E-state index contributed by atoms with van der Waals surface area (Å²) in [7, 11) is 1.98. The first-order chi connectivity index (χ1) is 7.56. The lowest BCUT2D eigenvalue weighted by Crippen LogP contribution is -2.18. The van der Waals surface area contributed by atoms with Gasteiger partial charge in [0.15, 0.2) is 0 Å². The molecule has 1 atom stereocenters. The average Bonchev–Trinajstić information content (AvgIpc) is 2.25. The topological polar surface area (TPSA) is 53.0 Å². The normalized spacial score (nSPS) is 11.9. The van der Waals surface area contributed by atoms with E-state index in [-0.39, 0.29) is 6.04 Å². The van der Waals surface area contributed by atoms with Gasteiger partial charge in [0.25, 0.3) is 0 Å². The van der Waals surface area contributed by atoms with Gasteiger partial charge in [-0.15, -0.1) is 0 Å². The molecule has 0 bridgehead atoms. The molecule has 3 nitrogen and oxygen atoms in total. The third kappa shape index (κ3) is 3.22. The molecule has 0 aliphatic heterocycles. The van der Waals surface area contributed by atoms with Crippen LogP contribution in [0.3, 0.4) is 0 Å². The van der Waals surface area contributed by atoms with E-state index in [1.807, 2.05) is 32.2 Å². The Kier molecular flexibility index (Phi) is 4.78. The van der Waals surface area contributed by atoms with Crippen molar-refractivity contribution in [1.29, 1.82) is 5.26 Å². The van der Waals surface area contributed by atoms with Gasteiger partial charge in [-0.25, -0.2) is 0 Å². The highest BCUT2D eigenvalue weighted by molar-refractivity contribution is 9.10. The van der Waals surface area contributed by atoms with Crippen LogP contribution in [0, 0.1) is 11.3 Å². The van der Waals surface area contributed by atoms with Gasteiger partial charge in [0.1, 0.15) is 0 Å². The van der Waals surface area contributed by atoms with Gasteiger partial charge in [-0.05, 0) is 24.6 Å². The smallest absolute Gasteiger partial charge is 0.0640 e. The van der Waals surface area contributed by atoms with Crippen molar-refractivity contribution in [2.45, 2.75) is 19.4 Å². The standard InChI is InChI=1S/C12H16BrN3/c1-9(15)11-5-4-10(8-12(11)13)16(2)7-3-6-14/h4-5,8-9H,3,7,15H2,1-2H3/t9-/m1/s1. The molecule has 0 aliphatic rings. The quantitative estimate of drug-likeness (QED) is 0.923. The van der Waals surface area contributed by atoms with E-state index in [1.165, 1.54) is 0 Å². The summed E-state index contributed by atoms with van der Waals surface area (Å²) >= 11 is 3.51. The van der Waals surface area contributed by atoms with Gasteiger partial charge in [0.05, 0.1) is 12.5 Å². The number of nitrogens with zero attached hydrogens (tertiary/aromatic N) is 2. The second-order valence-corrected chi connectivity index (χ2v) is 4.68. The first-order valence-electron chi connectivity index (χ1n) is 5.19. The minimum atomic E-state index is 0.0211. The van der Waals surface area contributed by atoms with E-state index in [0.29, 0.717) is 6.42 Å². The summed E-state index contributed by atoms with van der Waals surface area (Å²) in [6.45, 7) is 2.69. The Morgan fingerprint density at radius 3 is 2.75 bits per heavy atom. The third-order valence-electron chi connectivity index (χ3n) is 2.47. The number of hydrogen-bond donors (Lipinski definition) is 1. The van der Waals surface area contributed by atoms with Crippen molar-refractivity contribution in [3.05, 3.63) is 28.2 Å². The fourth-order valence-electron chi connectivity index (χ4n) is 1.47. The number of hydrogen-bond acceptors (Lipinski definition) is 3. The average molecular weight is 282 g/mol. The van der Waals surface area contributed by atoms with Crippen LogP contribution in [0.25, 0.3) is 0 Å². The second-order valence-electron chi connectivity index (χ2n) is 3.82. The van der Waals surface area contributed by atoms with Gasteiger partial charge >= 0.3 is 0 Å². The molecule has 0 heterocycles. The van der Waals surface area contributed by atoms with Crippen LogP contribution in [-0.2, 0) is 0 Å². The first-order valence-corrected chi connectivity index (χ1v) is 5.98. The predicted molar refractivity (Wildman–Crippen MR) is 70.2 cm³/mol. The Labute approximate surface area is 105 Å². The highest BCUT2D eigenvalue weighted by atomic mass is 79.9. The van der Waals surface area contributed by atoms with Crippen LogP contribution in [-0.4, -0.2) is 13.6 Å². The highest BCUT2D eigenvalue weighted by Crippen LogP contribution is 2.26. The molecule has 4 heteroatoms. The van der Waals surface area contributed by atoms with Gasteiger partial charge in [-0.2, -0.15) is 5.26 Å². The van der Waals surface area contributed by atoms with Crippen molar-refractivity contribution in [3.63, 3.8) is 0 Å². The fraction of sp³-hybridized carbons (Fsp3) is 0.417. The molecule has 16 heavy (non-hydrogen) atoms. The van der Waals surface area contributed by atoms with Crippen molar-refractivity contribution in [3.8, 4) is 6.07 Å². The molecule has 0 aliphatic carbocycles. The SMILES string of the molecule is C[C@@H](N)c1ccc(N(C)CCC#N)cc1Br. The number of anilines is 1. The van der Waals surface area contributed by atoms with E-state index in [9.17, 15) is 0 Å². The third-order valence-corrected chi connectivity index (χ3v) is 3.16. The molecule has 2 N–H and O–H groups in total. The maximum absolute atomic E-state index is 8.53. The van der Waals surface area contributed by atoms with Gasteiger partial charge in [-0.1, -0.05) is 22.0 Å². The Morgan fingerprint density at radius 1 is 1.56 bits per heavy atom. The Balaban J connectivity index is 2.85. The zero-order chi connectivity index (χ0) is 12.1. The molecule has 0 aromatic heterocycles. The molecule has 1 aromatic rings. The molecule has 0 saturated carbocycles. The summed E-state index contributed by atoms with van der Waals surface area (Å²) in [6.07, 6.45) is 0.531. The minimum absolute atomic E-state index is 0.0211. The molecule has 86 valence electrons. The van der Waals surface area contributed by atoms with Crippen LogP contribution >= 0.6 is 15.9 Å². The molecule has 0 amide bonds. The van der Waals surface area contributed by atoms with Crippen LogP contribution in [0.15, 0.2) is 22.7 Å². The molecule has 0 saturated heterocycles. The predicted octanol–water partition coefficient (Wildman–Crippen LogP) is 2.82. The summed E-state index contributed by atoms with van der Waals surface area (Å²) in [4.78, 5) is 2.05. The van der Waals surface area contributed by atoms with E-state index in [1.54, 1.807) is 0 Å². The molecule has 0 spiro atoms. The second kappa shape index (κ2) is 5.88. The number of nitrogens with two attached hydrogens (primary N) is 1. The molecule has 1 aromatic carbocycles. The molecular formula is C12H16BrN3. The lowest BCUT2D eigenvalue weighted by atomic mass is 10.1. The highest BCUT2D eigenvalue weighted by Gasteiger charge is 2.07. The summed E-state index contributed by atoms with van der Waals surface area (Å²) in [6, 6.07) is 8.25. The lowest BCUT2D eigenvalue weighted by molar-refractivity contribution is 0.811. The molecule has 1 rings (SSSR count). The van der Waals surface area contributed by atoms with Gasteiger partial charge in [0.2, 0.25) is 0 Å². The first kappa shape index (κ1) is 13.0. The molecule has 0 radical (unpaired) electrons. The number of benzene rings is 1. The summed E-state index contributed by atoms with van der Waals surface area (Å²) in [5.74, 6) is 0. The largest absolute Gasteiger partial charge is 0.374 e. The van der Waals surface area contributed by atoms with Crippen LogP contribution in [0.2, 0.25) is 0 Å². The van der Waals surface area contributed by atoms with E-state index in [2.05, 4.69) is 26.9 Å². The summed E-state index contributed by atoms with van der Waals surface area (Å²) < 4.78 is 1.02. The van der Waals surface area contributed by atoms with Crippen molar-refractivity contribution in [1.82, 2.24) is 0 Å². The molecule has 0 unspecified atom stereocenters. The van der Waals surface area contributed by atoms with Crippen molar-refractivity contribution >= 4 is 21.6 Å². The summed E-state index contributed by atoms with van der Waals surface area (Å²) in [5, 5.41) is 8.53. The van der Waals surface area contributed by atoms with Crippen molar-refractivity contribution in [2.75, 3.05) is 18.5 Å². The van der Waals surface area contributed by atoms with Gasteiger partial charge < -0.3 is 10.6 Å². The van der Waals surface area contributed by atoms with E-state index in [4.69, 9.17) is 11.0 Å². The van der Waals surface area contributed by atoms with Crippen LogP contribution < -0.4 is 10.6 Å². The lowest BCUT2D eigenvalue weighted by Gasteiger charge is -2.19. The molecular weight excluding hydrogens is 266 g/mol. The van der Waals surface area contributed by atoms with Crippen LogP contribution in [0.4, 0.5) is 5.69 Å². The van der Waals surface area contributed by atoms with Crippen LogP contribution in [0.1, 0.15) is 24.9 Å². The Morgan fingerprint density at radius 2 is 2.25 bits per heavy atom. The fourth-order valence-corrected chi connectivity index (χ4v) is 2.20. The van der Waals surface area contributed by atoms with Gasteiger partial charge in [0, 0.05) is 29.8 Å². The number of halogens is 1. The van der Waals surface area contributed by atoms with Crippen LogP contribution in [0.5, 0.6) is 0 Å². The van der Waals surface area contributed by atoms with E-state index >= 15 is 0 Å². The minimum Gasteiger partial charge on any atom is -0.374 e. The van der Waals surface area contributed by atoms with E-state index in [0.717, 1.165) is 22.3 Å². The Bertz CT molecular complexity index is 396. The maximum Gasteiger partial charge on any atom is 0.0640 e. The maximum atomic E-state index is 8.53. The number of nitriles is 1. The monoisotopic (exact) mass is 281 g/mol. The number of rotatable bonds is 4. The van der Waals surface area contributed by atoms with Gasteiger partial charge in [-0.3, -0.25) is 0 Å². The zero-order valence-corrected chi connectivity index (χ0v) is 11.2. The summed E-state index contributed by atoms with van der Waals surface area (Å²) in [5.41, 5.74) is 8.02. The Hall–Kier alpha value is -1.05.